The Labute approximate surface area is 334 Å². The van der Waals surface area contributed by atoms with Gasteiger partial charge in [-0.1, -0.05) is 154 Å². The van der Waals surface area contributed by atoms with Crippen LogP contribution in [0.4, 0.5) is 4.79 Å². The summed E-state index contributed by atoms with van der Waals surface area (Å²) in [6, 6.07) is 0. The molecular formula is C46H90N2O6. The number of nitrogens with one attached hydrogen (secondary N) is 1. The van der Waals surface area contributed by atoms with Crippen LogP contribution in [-0.2, 0) is 14.2 Å². The molecule has 1 atom stereocenters. The van der Waals surface area contributed by atoms with Gasteiger partial charge in [-0.3, -0.25) is 4.90 Å². The van der Waals surface area contributed by atoms with E-state index in [4.69, 9.17) is 14.2 Å². The van der Waals surface area contributed by atoms with Crippen molar-refractivity contribution in [1.82, 2.24) is 10.2 Å². The van der Waals surface area contributed by atoms with Crippen LogP contribution in [0.3, 0.4) is 0 Å². The first-order valence-electron chi connectivity index (χ1n) is 23.0. The van der Waals surface area contributed by atoms with Gasteiger partial charge in [-0.05, 0) is 64.2 Å². The molecule has 0 radical (unpaired) electrons. The van der Waals surface area contributed by atoms with E-state index in [0.717, 1.165) is 19.3 Å². The Morgan fingerprint density at radius 2 is 0.944 bits per heavy atom. The van der Waals surface area contributed by atoms with Crippen molar-refractivity contribution in [3.8, 4) is 0 Å². The second-order valence-electron chi connectivity index (χ2n) is 15.2. The Morgan fingerprint density at radius 1 is 0.537 bits per heavy atom. The maximum Gasteiger partial charge on any atom is 0.407 e. The smallest absolute Gasteiger partial charge is 0.407 e. The number of ether oxygens (including phenoxy) is 3. The van der Waals surface area contributed by atoms with Crippen molar-refractivity contribution in [1.29, 1.82) is 0 Å². The fourth-order valence-corrected chi connectivity index (χ4v) is 6.57. The monoisotopic (exact) mass is 767 g/mol. The van der Waals surface area contributed by atoms with Gasteiger partial charge in [-0.25, -0.2) is 4.79 Å². The van der Waals surface area contributed by atoms with Crippen molar-refractivity contribution in [2.24, 2.45) is 0 Å². The summed E-state index contributed by atoms with van der Waals surface area (Å²) in [7, 11) is 0. The minimum absolute atomic E-state index is 0.000527. The first kappa shape index (κ1) is 52.6. The van der Waals surface area contributed by atoms with Gasteiger partial charge in [-0.2, -0.15) is 0 Å². The third-order valence-corrected chi connectivity index (χ3v) is 10.1. The summed E-state index contributed by atoms with van der Waals surface area (Å²) in [5, 5.41) is 21.2. The number of allylic oxidation sites excluding steroid dienone is 4. The zero-order valence-corrected chi connectivity index (χ0v) is 35.7. The number of unbranched alkanes of at least 4 members (excludes halogenated alkanes) is 24. The second kappa shape index (κ2) is 45.9. The van der Waals surface area contributed by atoms with Crippen LogP contribution in [0.15, 0.2) is 24.3 Å². The van der Waals surface area contributed by atoms with Crippen molar-refractivity contribution in [3.05, 3.63) is 24.3 Å². The number of carbonyl (C=O) groups excluding carboxylic acids is 1. The number of amides is 1. The van der Waals surface area contributed by atoms with E-state index in [-0.39, 0.29) is 25.9 Å². The molecule has 0 heterocycles. The Bertz CT molecular complexity index is 789. The third-order valence-electron chi connectivity index (χ3n) is 10.1. The fourth-order valence-electron chi connectivity index (χ4n) is 6.57. The molecule has 0 bridgehead atoms. The predicted molar refractivity (Wildman–Crippen MR) is 229 cm³/mol. The first-order valence-corrected chi connectivity index (χ1v) is 23.0. The van der Waals surface area contributed by atoms with Crippen LogP contribution in [0, 0.1) is 0 Å². The molecule has 1 unspecified atom stereocenters. The summed E-state index contributed by atoms with van der Waals surface area (Å²) in [4.78, 5) is 14.2. The maximum absolute atomic E-state index is 12.4. The van der Waals surface area contributed by atoms with Gasteiger partial charge in [0, 0.05) is 39.4 Å². The Kier molecular flexibility index (Phi) is 44.7. The SMILES string of the molecule is CCCCCCCC/C=C\CCCCCCCCOCC(CNC(=O)OCCN(CCO)CCO)OCCCCCCCC/C=C\CCCCCCCC. The molecule has 8 nitrogen and oxygen atoms in total. The van der Waals surface area contributed by atoms with E-state index in [0.29, 0.717) is 46.0 Å². The van der Waals surface area contributed by atoms with Crippen LogP contribution in [-0.4, -0.2) is 93.1 Å². The molecule has 0 rings (SSSR count). The van der Waals surface area contributed by atoms with Crippen LogP contribution >= 0.6 is 0 Å². The molecule has 0 spiro atoms. The maximum atomic E-state index is 12.4. The minimum Gasteiger partial charge on any atom is -0.448 e. The Morgan fingerprint density at radius 3 is 1.39 bits per heavy atom. The molecule has 0 aromatic rings. The van der Waals surface area contributed by atoms with Crippen LogP contribution in [0.1, 0.15) is 194 Å². The normalized spacial score (nSPS) is 12.5. The van der Waals surface area contributed by atoms with E-state index in [2.05, 4.69) is 43.5 Å². The van der Waals surface area contributed by atoms with Crippen LogP contribution < -0.4 is 5.32 Å². The summed E-state index contributed by atoms with van der Waals surface area (Å²) in [6.07, 6.45) is 44.8. The highest BCUT2D eigenvalue weighted by molar-refractivity contribution is 5.67. The summed E-state index contributed by atoms with van der Waals surface area (Å²) in [5.74, 6) is 0. The van der Waals surface area contributed by atoms with E-state index in [1.807, 2.05) is 4.90 Å². The van der Waals surface area contributed by atoms with Gasteiger partial charge in [-0.15, -0.1) is 0 Å². The summed E-state index contributed by atoms with van der Waals surface area (Å²) in [6.45, 7) is 8.25. The quantitative estimate of drug-likeness (QED) is 0.0419. The van der Waals surface area contributed by atoms with Crippen molar-refractivity contribution >= 4 is 6.09 Å². The van der Waals surface area contributed by atoms with Gasteiger partial charge in [0.15, 0.2) is 0 Å². The van der Waals surface area contributed by atoms with E-state index < -0.39 is 6.09 Å². The van der Waals surface area contributed by atoms with Gasteiger partial charge in [0.1, 0.15) is 6.61 Å². The zero-order chi connectivity index (χ0) is 39.3. The van der Waals surface area contributed by atoms with E-state index >= 15 is 0 Å². The third kappa shape index (κ3) is 41.7. The molecule has 0 aliphatic rings. The van der Waals surface area contributed by atoms with Gasteiger partial charge in [0.05, 0.1) is 25.9 Å². The van der Waals surface area contributed by atoms with Crippen molar-refractivity contribution in [3.63, 3.8) is 0 Å². The minimum atomic E-state index is -0.484. The van der Waals surface area contributed by atoms with E-state index in [9.17, 15) is 15.0 Å². The molecule has 0 fully saturated rings. The van der Waals surface area contributed by atoms with E-state index in [1.165, 1.54) is 161 Å². The average molecular weight is 767 g/mol. The number of hydrogen-bond acceptors (Lipinski definition) is 7. The molecular weight excluding hydrogens is 677 g/mol. The lowest BCUT2D eigenvalue weighted by Crippen LogP contribution is -2.38. The molecule has 320 valence electrons. The molecule has 0 saturated heterocycles. The average Bonchev–Trinajstić information content (AvgIpc) is 3.17. The van der Waals surface area contributed by atoms with Gasteiger partial charge in [0.25, 0.3) is 0 Å². The standard InChI is InChI=1S/C46H90N2O6/c1-3-5-7-9-11-13-15-17-19-21-23-25-27-29-31-33-40-52-44-45(43-47-46(51)54-42-37-48(35-38-49)36-39-50)53-41-34-32-30-28-26-24-22-20-18-16-14-12-10-8-6-4-2/h17-20,45,49-50H,3-16,21-44H2,1-2H3,(H,47,51)/b19-17-,20-18-. The number of aliphatic hydroxyl groups excluding tert-OH is 2. The molecule has 1 amide bonds. The molecule has 8 heteroatoms. The fraction of sp³-hybridized carbons (Fsp3) is 0.891. The number of nitrogens with zero attached hydrogens (tertiary/aromatic N) is 1. The van der Waals surface area contributed by atoms with Crippen LogP contribution in [0.5, 0.6) is 0 Å². The molecule has 54 heavy (non-hydrogen) atoms. The molecule has 0 aliphatic carbocycles. The van der Waals surface area contributed by atoms with Gasteiger partial charge in [0.2, 0.25) is 0 Å². The predicted octanol–water partition coefficient (Wildman–Crippen LogP) is 11.5. The highest BCUT2D eigenvalue weighted by Crippen LogP contribution is 2.12. The lowest BCUT2D eigenvalue weighted by molar-refractivity contribution is -0.0176. The largest absolute Gasteiger partial charge is 0.448 e. The van der Waals surface area contributed by atoms with Crippen LogP contribution in [0.25, 0.3) is 0 Å². The van der Waals surface area contributed by atoms with Crippen molar-refractivity contribution in [2.75, 3.05) is 65.8 Å². The van der Waals surface area contributed by atoms with Gasteiger partial charge >= 0.3 is 6.09 Å². The van der Waals surface area contributed by atoms with Crippen LogP contribution in [0.2, 0.25) is 0 Å². The summed E-state index contributed by atoms with van der Waals surface area (Å²) >= 11 is 0. The summed E-state index contributed by atoms with van der Waals surface area (Å²) in [5.41, 5.74) is 0. The lowest BCUT2D eigenvalue weighted by Gasteiger charge is -2.21. The lowest BCUT2D eigenvalue weighted by atomic mass is 10.1. The highest BCUT2D eigenvalue weighted by atomic mass is 16.6. The molecule has 0 saturated carbocycles. The highest BCUT2D eigenvalue weighted by Gasteiger charge is 2.13. The number of alkyl carbamates (subject to hydrolysis) is 1. The van der Waals surface area contributed by atoms with E-state index in [1.54, 1.807) is 0 Å². The Balaban J connectivity index is 4.15. The first-order chi connectivity index (χ1) is 26.7. The number of aliphatic hydroxyl groups is 2. The summed E-state index contributed by atoms with van der Waals surface area (Å²) < 4.78 is 17.5. The zero-order valence-electron chi connectivity index (χ0n) is 35.7. The molecule has 3 N–H and O–H groups in total. The molecule has 0 aliphatic heterocycles. The molecule has 0 aromatic carbocycles. The van der Waals surface area contributed by atoms with Crippen molar-refractivity contribution in [2.45, 2.75) is 200 Å². The second-order valence-corrected chi connectivity index (χ2v) is 15.2. The van der Waals surface area contributed by atoms with Crippen molar-refractivity contribution < 1.29 is 29.2 Å². The topological polar surface area (TPSA) is 100 Å². The number of hydrogen-bond donors (Lipinski definition) is 3. The Hall–Kier alpha value is -1.45. The van der Waals surface area contributed by atoms with Gasteiger partial charge < -0.3 is 29.7 Å². The number of rotatable bonds is 44. The molecule has 0 aromatic heterocycles. The number of carbonyl (C=O) groups is 1.